The number of hydrogen-bond acceptors (Lipinski definition) is 3. The van der Waals surface area contributed by atoms with Crippen molar-refractivity contribution in [3.8, 4) is 5.75 Å². The van der Waals surface area contributed by atoms with Gasteiger partial charge in [0, 0.05) is 0 Å². The van der Waals surface area contributed by atoms with Crippen molar-refractivity contribution in [2.45, 2.75) is 26.2 Å². The molecule has 1 heterocycles. The summed E-state index contributed by atoms with van der Waals surface area (Å²) in [4.78, 5) is 4.63. The summed E-state index contributed by atoms with van der Waals surface area (Å²) in [7, 11) is 1.73. The first kappa shape index (κ1) is 10.1. The van der Waals surface area contributed by atoms with Gasteiger partial charge >= 0.3 is 0 Å². The average molecular weight is 233 g/mol. The molecule has 3 heteroatoms. The Morgan fingerprint density at radius 3 is 2.94 bits per heavy atom. The van der Waals surface area contributed by atoms with Crippen molar-refractivity contribution in [1.82, 2.24) is 4.98 Å². The lowest BCUT2D eigenvalue weighted by Gasteiger charge is -2.05. The van der Waals surface area contributed by atoms with Gasteiger partial charge in [-0.2, -0.15) is 0 Å². The molecule has 2 nitrogen and oxygen atoms in total. The minimum absolute atomic E-state index is 0.886. The zero-order valence-corrected chi connectivity index (χ0v) is 10.4. The quantitative estimate of drug-likeness (QED) is 0.808. The topological polar surface area (TPSA) is 22.1 Å². The Labute approximate surface area is 99.3 Å². The van der Waals surface area contributed by atoms with Crippen LogP contribution in [0.4, 0.5) is 0 Å². The molecule has 0 unspecified atom stereocenters. The lowest BCUT2D eigenvalue weighted by molar-refractivity contribution is 0.415. The monoisotopic (exact) mass is 233 g/mol. The maximum atomic E-state index is 5.35. The smallest absolute Gasteiger partial charge is 0.120 e. The van der Waals surface area contributed by atoms with Gasteiger partial charge in [0.05, 0.1) is 22.3 Å². The van der Waals surface area contributed by atoms with Crippen LogP contribution < -0.4 is 4.74 Å². The first-order valence-corrected chi connectivity index (χ1v) is 6.52. The molecule has 1 fully saturated rings. The molecule has 84 valence electrons. The molecule has 2 aromatic rings. The molecule has 0 bridgehead atoms. The molecule has 1 aliphatic rings. The van der Waals surface area contributed by atoms with E-state index in [0.29, 0.717) is 0 Å². The lowest BCUT2D eigenvalue weighted by atomic mass is 10.1. The van der Waals surface area contributed by atoms with E-state index in [9.17, 15) is 0 Å². The molecule has 0 atom stereocenters. The van der Waals surface area contributed by atoms with Gasteiger partial charge in [0.2, 0.25) is 0 Å². The van der Waals surface area contributed by atoms with Crippen LogP contribution in [0.3, 0.4) is 0 Å². The van der Waals surface area contributed by atoms with Crippen molar-refractivity contribution in [1.29, 1.82) is 0 Å². The van der Waals surface area contributed by atoms with Crippen molar-refractivity contribution >= 4 is 21.6 Å². The zero-order valence-electron chi connectivity index (χ0n) is 9.62. The second-order valence-electron chi connectivity index (χ2n) is 4.51. The first-order chi connectivity index (χ1) is 7.76. The molecule has 0 N–H and O–H groups in total. The second-order valence-corrected chi connectivity index (χ2v) is 5.75. The number of aromatic nitrogens is 1. The number of thiazole rings is 1. The standard InChI is InChI=1S/C13H15NOS/c1-8-14-13-10(5-9-3-4-9)6-11(15-2)7-12(13)16-8/h6-7,9H,3-5H2,1-2H3. The van der Waals surface area contributed by atoms with E-state index in [0.717, 1.165) is 23.1 Å². The molecule has 0 radical (unpaired) electrons. The molecule has 1 aromatic carbocycles. The van der Waals surface area contributed by atoms with Gasteiger partial charge in [0.15, 0.2) is 0 Å². The van der Waals surface area contributed by atoms with E-state index in [1.165, 1.54) is 28.6 Å². The summed E-state index contributed by atoms with van der Waals surface area (Å²) >= 11 is 1.75. The normalized spacial score (nSPS) is 15.6. The minimum atomic E-state index is 0.886. The number of ether oxygens (including phenoxy) is 1. The molecular formula is C13H15NOS. The van der Waals surface area contributed by atoms with Crippen molar-refractivity contribution in [2.24, 2.45) is 5.92 Å². The van der Waals surface area contributed by atoms with Crippen LogP contribution in [-0.4, -0.2) is 12.1 Å². The summed E-state index contributed by atoms with van der Waals surface area (Å²) in [6, 6.07) is 4.25. The molecule has 1 aliphatic carbocycles. The van der Waals surface area contributed by atoms with Gasteiger partial charge in [0.1, 0.15) is 5.75 Å². The van der Waals surface area contributed by atoms with E-state index in [1.807, 2.05) is 0 Å². The maximum absolute atomic E-state index is 5.35. The fourth-order valence-corrected chi connectivity index (χ4v) is 2.99. The highest BCUT2D eigenvalue weighted by Gasteiger charge is 2.23. The van der Waals surface area contributed by atoms with Gasteiger partial charge in [-0.05, 0) is 49.8 Å². The first-order valence-electron chi connectivity index (χ1n) is 5.70. The number of methoxy groups -OCH3 is 1. The van der Waals surface area contributed by atoms with Crippen LogP contribution in [-0.2, 0) is 6.42 Å². The van der Waals surface area contributed by atoms with Crippen LogP contribution in [0.15, 0.2) is 12.1 Å². The van der Waals surface area contributed by atoms with Gasteiger partial charge in [-0.25, -0.2) is 4.98 Å². The van der Waals surface area contributed by atoms with Crippen LogP contribution in [0, 0.1) is 12.8 Å². The molecule has 16 heavy (non-hydrogen) atoms. The molecule has 3 rings (SSSR count). The Balaban J connectivity index is 2.12. The van der Waals surface area contributed by atoms with E-state index in [4.69, 9.17) is 4.74 Å². The van der Waals surface area contributed by atoms with Crippen molar-refractivity contribution < 1.29 is 4.74 Å². The molecule has 0 spiro atoms. The number of nitrogens with zero attached hydrogens (tertiary/aromatic N) is 1. The van der Waals surface area contributed by atoms with Crippen molar-refractivity contribution in [3.63, 3.8) is 0 Å². The highest BCUT2D eigenvalue weighted by molar-refractivity contribution is 7.18. The fourth-order valence-electron chi connectivity index (χ4n) is 2.09. The molecular weight excluding hydrogens is 218 g/mol. The highest BCUT2D eigenvalue weighted by atomic mass is 32.1. The number of rotatable bonds is 3. The molecule has 0 amide bonds. The van der Waals surface area contributed by atoms with E-state index in [-0.39, 0.29) is 0 Å². The fraction of sp³-hybridized carbons (Fsp3) is 0.462. The molecule has 1 saturated carbocycles. The van der Waals surface area contributed by atoms with Crippen LogP contribution >= 0.6 is 11.3 Å². The molecule has 0 aliphatic heterocycles. The summed E-state index contributed by atoms with van der Waals surface area (Å²) in [5.41, 5.74) is 2.55. The summed E-state index contributed by atoms with van der Waals surface area (Å²) in [5, 5.41) is 1.14. The predicted octanol–water partition coefficient (Wildman–Crippen LogP) is 3.57. The van der Waals surface area contributed by atoms with Gasteiger partial charge in [-0.1, -0.05) is 0 Å². The Morgan fingerprint density at radius 2 is 2.25 bits per heavy atom. The van der Waals surface area contributed by atoms with E-state index in [2.05, 4.69) is 24.0 Å². The van der Waals surface area contributed by atoms with Gasteiger partial charge < -0.3 is 4.74 Å². The average Bonchev–Trinajstić information content (AvgIpc) is 2.98. The van der Waals surface area contributed by atoms with E-state index < -0.39 is 0 Å². The lowest BCUT2D eigenvalue weighted by Crippen LogP contribution is -1.91. The second kappa shape index (κ2) is 3.74. The Morgan fingerprint density at radius 1 is 1.44 bits per heavy atom. The number of fused-ring (bicyclic) bond motifs is 1. The zero-order chi connectivity index (χ0) is 11.1. The van der Waals surface area contributed by atoms with Crippen molar-refractivity contribution in [2.75, 3.05) is 7.11 Å². The Bertz CT molecular complexity index is 528. The Kier molecular flexibility index (Phi) is 2.36. The number of aryl methyl sites for hydroxylation is 1. The largest absolute Gasteiger partial charge is 0.497 e. The van der Waals surface area contributed by atoms with E-state index >= 15 is 0 Å². The molecule has 0 saturated heterocycles. The van der Waals surface area contributed by atoms with Crippen LogP contribution in [0.1, 0.15) is 23.4 Å². The summed E-state index contributed by atoms with van der Waals surface area (Å²) < 4.78 is 6.61. The summed E-state index contributed by atoms with van der Waals surface area (Å²) in [6.07, 6.45) is 3.92. The predicted molar refractivity (Wildman–Crippen MR) is 67.3 cm³/mol. The maximum Gasteiger partial charge on any atom is 0.120 e. The van der Waals surface area contributed by atoms with Crippen LogP contribution in [0.2, 0.25) is 0 Å². The highest BCUT2D eigenvalue weighted by Crippen LogP contribution is 2.37. The SMILES string of the molecule is COc1cc(CC2CC2)c2nc(C)sc2c1. The third-order valence-electron chi connectivity index (χ3n) is 3.10. The van der Waals surface area contributed by atoms with Gasteiger partial charge in [-0.3, -0.25) is 0 Å². The molecule has 1 aromatic heterocycles. The number of hydrogen-bond donors (Lipinski definition) is 0. The van der Waals surface area contributed by atoms with Crippen LogP contribution in [0.5, 0.6) is 5.75 Å². The minimum Gasteiger partial charge on any atom is -0.497 e. The third kappa shape index (κ3) is 1.80. The van der Waals surface area contributed by atoms with Crippen molar-refractivity contribution in [3.05, 3.63) is 22.7 Å². The van der Waals surface area contributed by atoms with E-state index in [1.54, 1.807) is 18.4 Å². The summed E-state index contributed by atoms with van der Waals surface area (Å²) in [5.74, 6) is 1.85. The van der Waals surface area contributed by atoms with Crippen LogP contribution in [0.25, 0.3) is 10.2 Å². The third-order valence-corrected chi connectivity index (χ3v) is 4.01. The van der Waals surface area contributed by atoms with Gasteiger partial charge in [-0.15, -0.1) is 11.3 Å². The summed E-state index contributed by atoms with van der Waals surface area (Å²) in [6.45, 7) is 2.07. The number of benzene rings is 1. The Hall–Kier alpha value is -1.09. The van der Waals surface area contributed by atoms with Gasteiger partial charge in [0.25, 0.3) is 0 Å².